The van der Waals surface area contributed by atoms with Gasteiger partial charge >= 0.3 is 0 Å². The number of nitrogens with one attached hydrogen (secondary N) is 1. The van der Waals surface area contributed by atoms with Crippen LogP contribution in [0.25, 0.3) is 16.7 Å². The zero-order valence-corrected chi connectivity index (χ0v) is 20.8. The van der Waals surface area contributed by atoms with Gasteiger partial charge in [-0.15, -0.1) is 0 Å². The number of fused-ring (bicyclic) bond motifs is 1. The zero-order chi connectivity index (χ0) is 24.4. The number of aromatic nitrogens is 4. The van der Waals surface area contributed by atoms with E-state index in [9.17, 15) is 9.59 Å². The molecular formula is C27H29N5O2S. The molecule has 1 aliphatic rings. The van der Waals surface area contributed by atoms with Crippen LogP contribution in [-0.2, 0) is 11.2 Å². The number of carbonyl (C=O) groups excluding carboxylic acids is 1. The second-order valence-electron chi connectivity index (χ2n) is 9.19. The van der Waals surface area contributed by atoms with Crippen molar-refractivity contribution < 1.29 is 4.79 Å². The fraction of sp³-hybridized carbons (Fsp3) is 0.333. The number of amides is 1. The summed E-state index contributed by atoms with van der Waals surface area (Å²) in [7, 11) is 0. The van der Waals surface area contributed by atoms with Gasteiger partial charge in [-0.3, -0.25) is 9.59 Å². The number of aryl methyl sites for hydroxylation is 1. The minimum atomic E-state index is -0.247. The van der Waals surface area contributed by atoms with Crippen molar-refractivity contribution >= 4 is 28.7 Å². The summed E-state index contributed by atoms with van der Waals surface area (Å²) in [6.45, 7) is 5.63. The number of benzene rings is 2. The molecule has 180 valence electrons. The maximum atomic E-state index is 12.9. The van der Waals surface area contributed by atoms with Gasteiger partial charge in [-0.2, -0.15) is 5.10 Å². The summed E-state index contributed by atoms with van der Waals surface area (Å²) in [5.41, 5.74) is 4.73. The number of hydrogen-bond donors (Lipinski definition) is 1. The largest absolute Gasteiger partial charge is 0.342 e. The molecule has 1 N–H and O–H groups in total. The van der Waals surface area contributed by atoms with E-state index in [1.165, 1.54) is 17.3 Å². The molecule has 1 fully saturated rings. The molecule has 0 bridgehead atoms. The molecule has 1 saturated heterocycles. The predicted molar refractivity (Wildman–Crippen MR) is 139 cm³/mol. The molecule has 2 aromatic heterocycles. The van der Waals surface area contributed by atoms with Gasteiger partial charge in [0.2, 0.25) is 5.91 Å². The summed E-state index contributed by atoms with van der Waals surface area (Å²) in [5.74, 6) is 0.939. The number of piperidine rings is 1. The van der Waals surface area contributed by atoms with E-state index in [0.717, 1.165) is 49.2 Å². The standard InChI is InChI=1S/C27H29N5O2S/c1-18-7-6-10-23(19(18)2)32-25-22(16-28-32)26(34)30-27(29-25)35-17-24(33)31-13-11-21(12-14-31)15-20-8-4-3-5-9-20/h3-10,16,21H,11-15,17H2,1-2H3,(H,29,30,34). The van der Waals surface area contributed by atoms with E-state index >= 15 is 0 Å². The quantitative estimate of drug-likeness (QED) is 0.324. The number of nitrogens with zero attached hydrogens (tertiary/aromatic N) is 4. The Bertz CT molecular complexity index is 1400. The van der Waals surface area contributed by atoms with E-state index in [1.807, 2.05) is 43.0 Å². The van der Waals surface area contributed by atoms with Crippen LogP contribution in [0, 0.1) is 19.8 Å². The van der Waals surface area contributed by atoms with Crippen LogP contribution >= 0.6 is 11.8 Å². The Balaban J connectivity index is 1.24. The molecule has 0 unspecified atom stereocenters. The normalized spacial score (nSPS) is 14.5. The van der Waals surface area contributed by atoms with E-state index in [4.69, 9.17) is 0 Å². The van der Waals surface area contributed by atoms with Crippen molar-refractivity contribution in [3.63, 3.8) is 0 Å². The molecule has 5 rings (SSSR count). The third-order valence-electron chi connectivity index (χ3n) is 6.89. The summed E-state index contributed by atoms with van der Waals surface area (Å²) in [4.78, 5) is 34.9. The SMILES string of the molecule is Cc1cccc(-n2ncc3c(=O)[nH]c(SCC(=O)N4CCC(Cc5ccccc5)CC4)nc32)c1C. The summed E-state index contributed by atoms with van der Waals surface area (Å²) >= 11 is 1.27. The molecular weight excluding hydrogens is 458 g/mol. The Kier molecular flexibility index (Phi) is 6.72. The first-order valence-corrected chi connectivity index (χ1v) is 13.0. The van der Waals surface area contributed by atoms with E-state index in [2.05, 4.69) is 39.3 Å². The van der Waals surface area contributed by atoms with E-state index in [-0.39, 0.29) is 17.2 Å². The fourth-order valence-corrected chi connectivity index (χ4v) is 5.42. The minimum absolute atomic E-state index is 0.0824. The molecule has 0 saturated carbocycles. The Morgan fingerprint density at radius 1 is 1.09 bits per heavy atom. The number of hydrogen-bond acceptors (Lipinski definition) is 5. The van der Waals surface area contributed by atoms with E-state index in [0.29, 0.717) is 22.1 Å². The van der Waals surface area contributed by atoms with Crippen molar-refractivity contribution in [2.45, 2.75) is 38.3 Å². The highest BCUT2D eigenvalue weighted by molar-refractivity contribution is 7.99. The number of H-pyrrole nitrogens is 1. The van der Waals surface area contributed by atoms with Gasteiger partial charge in [-0.25, -0.2) is 9.67 Å². The van der Waals surface area contributed by atoms with Gasteiger partial charge in [0.25, 0.3) is 5.56 Å². The first-order chi connectivity index (χ1) is 17.0. The predicted octanol–water partition coefficient (Wildman–Crippen LogP) is 4.30. The number of thioether (sulfide) groups is 1. The maximum Gasteiger partial charge on any atom is 0.262 e. The van der Waals surface area contributed by atoms with Crippen LogP contribution in [0.3, 0.4) is 0 Å². The molecule has 35 heavy (non-hydrogen) atoms. The Morgan fingerprint density at radius 3 is 2.63 bits per heavy atom. The van der Waals surface area contributed by atoms with Gasteiger partial charge in [-0.05, 0) is 61.8 Å². The van der Waals surface area contributed by atoms with Crippen LogP contribution < -0.4 is 5.56 Å². The Labute approximate surface area is 208 Å². The van der Waals surface area contributed by atoms with Crippen LogP contribution in [0.1, 0.15) is 29.5 Å². The average molecular weight is 488 g/mol. The van der Waals surface area contributed by atoms with Crippen molar-refractivity contribution in [2.24, 2.45) is 5.92 Å². The molecule has 0 atom stereocenters. The second kappa shape index (κ2) is 10.1. The molecule has 0 spiro atoms. The molecule has 1 amide bonds. The van der Waals surface area contributed by atoms with E-state index < -0.39 is 0 Å². The molecule has 2 aromatic carbocycles. The fourth-order valence-electron chi connectivity index (χ4n) is 4.66. The first kappa shape index (κ1) is 23.4. The number of aromatic amines is 1. The van der Waals surface area contributed by atoms with Gasteiger partial charge in [0.1, 0.15) is 5.39 Å². The summed E-state index contributed by atoms with van der Waals surface area (Å²) in [5, 5.41) is 5.29. The summed E-state index contributed by atoms with van der Waals surface area (Å²) in [6, 6.07) is 16.5. The lowest BCUT2D eigenvalue weighted by Gasteiger charge is -2.32. The number of carbonyl (C=O) groups is 1. The average Bonchev–Trinajstić information content (AvgIpc) is 3.30. The van der Waals surface area contributed by atoms with Crippen LogP contribution in [0.15, 0.2) is 64.7 Å². The Hall–Kier alpha value is -3.39. The van der Waals surface area contributed by atoms with Crippen molar-refractivity contribution in [1.82, 2.24) is 24.6 Å². The molecule has 0 aliphatic carbocycles. The molecule has 0 radical (unpaired) electrons. The minimum Gasteiger partial charge on any atom is -0.342 e. The lowest BCUT2D eigenvalue weighted by Crippen LogP contribution is -2.39. The van der Waals surface area contributed by atoms with Crippen LogP contribution in [0.2, 0.25) is 0 Å². The first-order valence-electron chi connectivity index (χ1n) is 12.0. The van der Waals surface area contributed by atoms with E-state index in [1.54, 1.807) is 10.9 Å². The third-order valence-corrected chi connectivity index (χ3v) is 7.75. The number of rotatable bonds is 6. The second-order valence-corrected chi connectivity index (χ2v) is 10.2. The molecule has 4 aromatic rings. The van der Waals surface area contributed by atoms with Crippen molar-refractivity contribution in [2.75, 3.05) is 18.8 Å². The molecule has 8 heteroatoms. The highest BCUT2D eigenvalue weighted by Crippen LogP contribution is 2.24. The molecule has 3 heterocycles. The highest BCUT2D eigenvalue weighted by atomic mass is 32.2. The van der Waals surface area contributed by atoms with Gasteiger partial charge in [-0.1, -0.05) is 54.2 Å². The van der Waals surface area contributed by atoms with Crippen molar-refractivity contribution in [3.05, 3.63) is 81.8 Å². The van der Waals surface area contributed by atoms with Crippen LogP contribution in [0.4, 0.5) is 0 Å². The maximum absolute atomic E-state index is 12.9. The van der Waals surface area contributed by atoms with Gasteiger partial charge in [0, 0.05) is 13.1 Å². The van der Waals surface area contributed by atoms with Gasteiger partial charge in [0.15, 0.2) is 10.8 Å². The van der Waals surface area contributed by atoms with Crippen LogP contribution in [0.5, 0.6) is 0 Å². The zero-order valence-electron chi connectivity index (χ0n) is 20.0. The third kappa shape index (κ3) is 5.03. The monoisotopic (exact) mass is 487 g/mol. The van der Waals surface area contributed by atoms with Crippen molar-refractivity contribution in [1.29, 1.82) is 0 Å². The van der Waals surface area contributed by atoms with Gasteiger partial charge in [0.05, 0.1) is 17.6 Å². The van der Waals surface area contributed by atoms with Crippen molar-refractivity contribution in [3.8, 4) is 5.69 Å². The Morgan fingerprint density at radius 2 is 1.86 bits per heavy atom. The summed E-state index contributed by atoms with van der Waals surface area (Å²) in [6.07, 6.45) is 4.64. The molecule has 7 nitrogen and oxygen atoms in total. The highest BCUT2D eigenvalue weighted by Gasteiger charge is 2.23. The summed E-state index contributed by atoms with van der Waals surface area (Å²) < 4.78 is 1.70. The lowest BCUT2D eigenvalue weighted by atomic mass is 9.90. The van der Waals surface area contributed by atoms with Gasteiger partial charge < -0.3 is 9.88 Å². The molecule has 1 aliphatic heterocycles. The smallest absolute Gasteiger partial charge is 0.262 e. The topological polar surface area (TPSA) is 83.9 Å². The number of likely N-dealkylation sites (tertiary alicyclic amines) is 1. The lowest BCUT2D eigenvalue weighted by molar-refractivity contribution is -0.129. The van der Waals surface area contributed by atoms with Crippen LogP contribution in [-0.4, -0.2) is 49.4 Å².